The highest BCUT2D eigenvalue weighted by Crippen LogP contribution is 2.47. The van der Waals surface area contributed by atoms with Crippen molar-refractivity contribution in [2.75, 3.05) is 0 Å². The molecule has 1 aromatic carbocycles. The zero-order chi connectivity index (χ0) is 15.0. The first-order valence-corrected chi connectivity index (χ1v) is 7.01. The van der Waals surface area contributed by atoms with Crippen LogP contribution in [0.3, 0.4) is 0 Å². The van der Waals surface area contributed by atoms with Gasteiger partial charge in [0.25, 0.3) is 0 Å². The van der Waals surface area contributed by atoms with Gasteiger partial charge in [0.05, 0.1) is 17.2 Å². The highest BCUT2D eigenvalue weighted by Gasteiger charge is 2.47. The fourth-order valence-corrected chi connectivity index (χ4v) is 2.36. The molecule has 0 unspecified atom stereocenters. The number of rotatable bonds is 4. The topological polar surface area (TPSA) is 70.4 Å². The molecule has 1 heterocycles. The fourth-order valence-electron chi connectivity index (χ4n) is 2.36. The summed E-state index contributed by atoms with van der Waals surface area (Å²) in [6.45, 7) is 1.73. The lowest BCUT2D eigenvalue weighted by Crippen LogP contribution is -2.10. The number of fused-ring (bicyclic) bond motifs is 1. The normalized spacial score (nSPS) is 18.0. The molecule has 0 amide bonds. The molecule has 3 rings (SSSR count). The molecule has 21 heavy (non-hydrogen) atoms. The summed E-state index contributed by atoms with van der Waals surface area (Å²) in [6, 6.07) is 7.66. The summed E-state index contributed by atoms with van der Waals surface area (Å²) in [7, 11) is 0. The third-order valence-electron chi connectivity index (χ3n) is 4.04. The van der Waals surface area contributed by atoms with E-state index in [1.807, 2.05) is 24.3 Å². The molecule has 0 spiro atoms. The largest absolute Gasteiger partial charge is 0.481 e. The molecule has 0 saturated heterocycles. The van der Waals surface area contributed by atoms with Gasteiger partial charge in [-0.25, -0.2) is 0 Å². The molecule has 1 saturated carbocycles. The van der Waals surface area contributed by atoms with Gasteiger partial charge in [-0.05, 0) is 48.9 Å². The van der Waals surface area contributed by atoms with E-state index in [9.17, 15) is 9.90 Å². The van der Waals surface area contributed by atoms with Crippen molar-refractivity contribution in [1.82, 2.24) is 4.98 Å². The van der Waals surface area contributed by atoms with E-state index in [0.29, 0.717) is 12.8 Å². The van der Waals surface area contributed by atoms with Crippen molar-refractivity contribution in [1.29, 1.82) is 0 Å². The number of carboxylic acid groups (broad SMARTS) is 1. The van der Waals surface area contributed by atoms with Gasteiger partial charge in [0, 0.05) is 11.6 Å². The van der Waals surface area contributed by atoms with E-state index in [1.54, 1.807) is 25.3 Å². The van der Waals surface area contributed by atoms with Gasteiger partial charge in [0.15, 0.2) is 0 Å². The lowest BCUT2D eigenvalue weighted by molar-refractivity contribution is -0.141. The monoisotopic (exact) mass is 283 g/mol. The Morgan fingerprint density at radius 2 is 2.10 bits per heavy atom. The molecule has 108 valence electrons. The maximum Gasteiger partial charge on any atom is 0.313 e. The van der Waals surface area contributed by atoms with E-state index >= 15 is 0 Å². The Morgan fingerprint density at radius 1 is 1.33 bits per heavy atom. The van der Waals surface area contributed by atoms with E-state index in [2.05, 4.69) is 4.98 Å². The highest BCUT2D eigenvalue weighted by atomic mass is 16.4. The molecule has 1 atom stereocenters. The molecule has 4 nitrogen and oxygen atoms in total. The van der Waals surface area contributed by atoms with Crippen LogP contribution >= 0.6 is 0 Å². The molecule has 2 N–H and O–H groups in total. The molecule has 0 radical (unpaired) electrons. The summed E-state index contributed by atoms with van der Waals surface area (Å²) in [4.78, 5) is 15.5. The lowest BCUT2D eigenvalue weighted by atomic mass is 10.0. The van der Waals surface area contributed by atoms with Crippen molar-refractivity contribution >= 4 is 22.8 Å². The average molecular weight is 283 g/mol. The summed E-state index contributed by atoms with van der Waals surface area (Å²) < 4.78 is 0. The van der Waals surface area contributed by atoms with Crippen LogP contribution in [0.5, 0.6) is 0 Å². The molecule has 4 heteroatoms. The standard InChI is InChI=1S/C17H17NO3/c1-11(19)12-2-3-13-10-18-15(9-14(13)8-12)4-5-17(6-7-17)16(20)21/h2-5,8-11,19H,6-7H2,1H3,(H,20,21)/t11-/m1/s1. The number of carbonyl (C=O) groups is 1. The molecular weight excluding hydrogens is 266 g/mol. The van der Waals surface area contributed by atoms with Crippen LogP contribution in [0.1, 0.15) is 37.1 Å². The first kappa shape index (κ1) is 13.8. The molecule has 1 aromatic heterocycles. The Balaban J connectivity index is 1.93. The smallest absolute Gasteiger partial charge is 0.313 e. The quantitative estimate of drug-likeness (QED) is 0.904. The second-order valence-electron chi connectivity index (χ2n) is 5.69. The predicted octanol–water partition coefficient (Wildman–Crippen LogP) is 3.17. The van der Waals surface area contributed by atoms with Gasteiger partial charge in [-0.2, -0.15) is 0 Å². The van der Waals surface area contributed by atoms with Crippen LogP contribution in [0.25, 0.3) is 16.8 Å². The number of hydrogen-bond donors (Lipinski definition) is 2. The lowest BCUT2D eigenvalue weighted by Gasteiger charge is -2.07. The second kappa shape index (κ2) is 4.97. The van der Waals surface area contributed by atoms with Crippen LogP contribution in [0.4, 0.5) is 0 Å². The third-order valence-corrected chi connectivity index (χ3v) is 4.04. The first-order chi connectivity index (χ1) is 10.00. The van der Waals surface area contributed by atoms with Gasteiger partial charge >= 0.3 is 5.97 Å². The van der Waals surface area contributed by atoms with Gasteiger partial charge in [-0.15, -0.1) is 0 Å². The minimum atomic E-state index is -0.768. The van der Waals surface area contributed by atoms with Crippen molar-refractivity contribution < 1.29 is 15.0 Å². The van der Waals surface area contributed by atoms with Crippen molar-refractivity contribution in [2.45, 2.75) is 25.9 Å². The van der Waals surface area contributed by atoms with Crippen LogP contribution in [0.15, 0.2) is 36.5 Å². The summed E-state index contributed by atoms with van der Waals surface area (Å²) in [5, 5.41) is 20.8. The SMILES string of the molecule is C[C@@H](O)c1ccc2cnc(C=CC3(C(=O)O)CC3)cc2c1. The molecule has 2 aromatic rings. The van der Waals surface area contributed by atoms with Crippen LogP contribution in [0, 0.1) is 5.41 Å². The fraction of sp³-hybridized carbons (Fsp3) is 0.294. The van der Waals surface area contributed by atoms with Crippen LogP contribution in [-0.2, 0) is 4.79 Å². The second-order valence-corrected chi connectivity index (χ2v) is 5.69. The van der Waals surface area contributed by atoms with Gasteiger partial charge in [-0.1, -0.05) is 18.2 Å². The Labute approximate surface area is 122 Å². The van der Waals surface area contributed by atoms with E-state index in [0.717, 1.165) is 22.0 Å². The van der Waals surface area contributed by atoms with E-state index in [-0.39, 0.29) is 0 Å². The number of aliphatic hydroxyl groups is 1. The van der Waals surface area contributed by atoms with Gasteiger partial charge < -0.3 is 10.2 Å². The predicted molar refractivity (Wildman–Crippen MR) is 80.7 cm³/mol. The Kier molecular flexibility index (Phi) is 3.26. The number of pyridine rings is 1. The molecule has 1 aliphatic rings. The van der Waals surface area contributed by atoms with Crippen LogP contribution < -0.4 is 0 Å². The maximum atomic E-state index is 11.1. The van der Waals surface area contributed by atoms with Crippen molar-refractivity contribution in [3.05, 3.63) is 47.8 Å². The minimum Gasteiger partial charge on any atom is -0.481 e. The zero-order valence-electron chi connectivity index (χ0n) is 11.8. The molecule has 0 aliphatic heterocycles. The van der Waals surface area contributed by atoms with Crippen LogP contribution in [0.2, 0.25) is 0 Å². The Morgan fingerprint density at radius 3 is 2.71 bits per heavy atom. The summed E-state index contributed by atoms with van der Waals surface area (Å²) >= 11 is 0. The highest BCUT2D eigenvalue weighted by molar-refractivity contribution is 5.85. The number of hydrogen-bond acceptors (Lipinski definition) is 3. The zero-order valence-corrected chi connectivity index (χ0v) is 11.8. The molecule has 0 bridgehead atoms. The summed E-state index contributed by atoms with van der Waals surface area (Å²) in [6.07, 6.45) is 6.15. The number of aromatic nitrogens is 1. The first-order valence-electron chi connectivity index (χ1n) is 7.01. The summed E-state index contributed by atoms with van der Waals surface area (Å²) in [5.41, 5.74) is 0.906. The Hall–Kier alpha value is -2.20. The maximum absolute atomic E-state index is 11.1. The molecule has 1 aliphatic carbocycles. The number of aliphatic carboxylic acids is 1. The van der Waals surface area contributed by atoms with Crippen molar-refractivity contribution in [2.24, 2.45) is 5.41 Å². The Bertz CT molecular complexity index is 730. The number of aliphatic hydroxyl groups excluding tert-OH is 1. The summed E-state index contributed by atoms with van der Waals surface area (Å²) in [5.74, 6) is -0.768. The van der Waals surface area contributed by atoms with E-state index < -0.39 is 17.5 Å². The van der Waals surface area contributed by atoms with Crippen molar-refractivity contribution in [3.8, 4) is 0 Å². The van der Waals surface area contributed by atoms with Crippen LogP contribution in [-0.4, -0.2) is 21.2 Å². The van der Waals surface area contributed by atoms with Gasteiger partial charge in [0.2, 0.25) is 0 Å². The van der Waals surface area contributed by atoms with E-state index in [1.165, 1.54) is 0 Å². The minimum absolute atomic E-state index is 0.511. The number of benzene rings is 1. The molecular formula is C17H17NO3. The number of nitrogens with zero attached hydrogens (tertiary/aromatic N) is 1. The number of carboxylic acids is 1. The third kappa shape index (κ3) is 2.67. The average Bonchev–Trinajstić information content (AvgIpc) is 3.25. The van der Waals surface area contributed by atoms with E-state index in [4.69, 9.17) is 5.11 Å². The van der Waals surface area contributed by atoms with Gasteiger partial charge in [-0.3, -0.25) is 9.78 Å². The van der Waals surface area contributed by atoms with Crippen molar-refractivity contribution in [3.63, 3.8) is 0 Å². The van der Waals surface area contributed by atoms with Gasteiger partial charge in [0.1, 0.15) is 0 Å². The molecule has 1 fully saturated rings.